The highest BCUT2D eigenvalue weighted by Gasteiger charge is 2.37. The van der Waals surface area contributed by atoms with Crippen molar-refractivity contribution in [2.45, 2.75) is 33.1 Å². The Morgan fingerprint density at radius 3 is 2.60 bits per heavy atom. The van der Waals surface area contributed by atoms with Gasteiger partial charge in [0, 0.05) is 37.5 Å². The van der Waals surface area contributed by atoms with E-state index in [4.69, 9.17) is 0 Å². The zero-order valence-corrected chi connectivity index (χ0v) is 11.5. The fourth-order valence-electron chi connectivity index (χ4n) is 2.01. The van der Waals surface area contributed by atoms with Crippen LogP contribution in [0.25, 0.3) is 0 Å². The van der Waals surface area contributed by atoms with Crippen LogP contribution in [-0.4, -0.2) is 19.6 Å². The van der Waals surface area contributed by atoms with Gasteiger partial charge >= 0.3 is 6.18 Å². The normalized spacial score (nSPS) is 11.9. The first-order chi connectivity index (χ1) is 9.32. The Labute approximate surface area is 114 Å². The molecule has 110 valence electrons. The molecule has 2 aromatic heterocycles. The minimum absolute atomic E-state index is 0.0320. The number of aryl methyl sites for hydroxylation is 3. The number of aromatic nitrogens is 4. The van der Waals surface area contributed by atoms with Gasteiger partial charge in [0.15, 0.2) is 5.82 Å². The average Bonchev–Trinajstić information content (AvgIpc) is 2.89. The van der Waals surface area contributed by atoms with E-state index in [9.17, 15) is 13.2 Å². The van der Waals surface area contributed by atoms with Crippen molar-refractivity contribution in [2.75, 3.05) is 5.32 Å². The highest BCUT2D eigenvalue weighted by atomic mass is 19.4. The van der Waals surface area contributed by atoms with Crippen molar-refractivity contribution in [1.29, 1.82) is 0 Å². The van der Waals surface area contributed by atoms with Crippen molar-refractivity contribution >= 4 is 5.82 Å². The van der Waals surface area contributed by atoms with E-state index >= 15 is 0 Å². The van der Waals surface area contributed by atoms with Crippen LogP contribution in [0.1, 0.15) is 23.7 Å². The standard InChI is InChI=1S/C12H16F3N5/c1-4-20-7-8(2)11(18-20)16-5-9-6-17-19(3)10(9)12(13,14)15/h6-7H,4-5H2,1-3H3,(H,16,18). The molecule has 20 heavy (non-hydrogen) atoms. The number of hydrogen-bond acceptors (Lipinski definition) is 3. The first kappa shape index (κ1) is 14.4. The van der Waals surface area contributed by atoms with Crippen molar-refractivity contribution in [2.24, 2.45) is 7.05 Å². The highest BCUT2D eigenvalue weighted by Crippen LogP contribution is 2.31. The van der Waals surface area contributed by atoms with E-state index in [1.54, 1.807) is 4.68 Å². The topological polar surface area (TPSA) is 47.7 Å². The van der Waals surface area contributed by atoms with E-state index in [0.717, 1.165) is 10.2 Å². The molecule has 8 heteroatoms. The second-order valence-electron chi connectivity index (χ2n) is 4.51. The first-order valence-electron chi connectivity index (χ1n) is 6.19. The Kier molecular flexibility index (Phi) is 3.74. The second kappa shape index (κ2) is 5.18. The van der Waals surface area contributed by atoms with Crippen molar-refractivity contribution in [1.82, 2.24) is 19.6 Å². The molecule has 1 N–H and O–H groups in total. The van der Waals surface area contributed by atoms with E-state index in [1.807, 2.05) is 20.0 Å². The lowest BCUT2D eigenvalue weighted by Gasteiger charge is -2.10. The Hall–Kier alpha value is -1.99. The van der Waals surface area contributed by atoms with Crippen LogP contribution < -0.4 is 5.32 Å². The van der Waals surface area contributed by atoms with Crippen LogP contribution in [0, 0.1) is 6.92 Å². The Bertz CT molecular complexity index is 597. The molecular formula is C12H16F3N5. The van der Waals surface area contributed by atoms with Crippen LogP contribution in [0.2, 0.25) is 0 Å². The molecule has 0 fully saturated rings. The minimum atomic E-state index is -4.42. The molecule has 0 amide bonds. The zero-order chi connectivity index (χ0) is 14.9. The van der Waals surface area contributed by atoms with Crippen LogP contribution in [0.4, 0.5) is 19.0 Å². The Morgan fingerprint density at radius 2 is 2.05 bits per heavy atom. The number of anilines is 1. The minimum Gasteiger partial charge on any atom is -0.364 e. The van der Waals surface area contributed by atoms with Gasteiger partial charge in [-0.05, 0) is 13.8 Å². The molecule has 0 aliphatic rings. The van der Waals surface area contributed by atoms with Gasteiger partial charge in [-0.25, -0.2) is 0 Å². The Balaban J connectivity index is 2.17. The maximum atomic E-state index is 12.9. The summed E-state index contributed by atoms with van der Waals surface area (Å²) in [5.41, 5.74) is 0.257. The van der Waals surface area contributed by atoms with Gasteiger partial charge in [0.25, 0.3) is 0 Å². The smallest absolute Gasteiger partial charge is 0.364 e. The van der Waals surface area contributed by atoms with Crippen molar-refractivity contribution < 1.29 is 13.2 Å². The van der Waals surface area contributed by atoms with Gasteiger partial charge < -0.3 is 5.32 Å². The maximum Gasteiger partial charge on any atom is 0.433 e. The summed E-state index contributed by atoms with van der Waals surface area (Å²) in [6.45, 7) is 4.54. The number of halogens is 3. The van der Waals surface area contributed by atoms with Crippen LogP contribution in [0.15, 0.2) is 12.4 Å². The highest BCUT2D eigenvalue weighted by molar-refractivity contribution is 5.42. The summed E-state index contributed by atoms with van der Waals surface area (Å²) < 4.78 is 41.3. The lowest BCUT2D eigenvalue weighted by atomic mass is 10.2. The lowest BCUT2D eigenvalue weighted by Crippen LogP contribution is -2.15. The quantitative estimate of drug-likeness (QED) is 0.940. The molecule has 0 spiro atoms. The molecule has 0 saturated heterocycles. The summed E-state index contributed by atoms with van der Waals surface area (Å²) in [4.78, 5) is 0. The number of hydrogen-bond donors (Lipinski definition) is 1. The lowest BCUT2D eigenvalue weighted by molar-refractivity contribution is -0.144. The van der Waals surface area contributed by atoms with Gasteiger partial charge in [-0.2, -0.15) is 23.4 Å². The fraction of sp³-hybridized carbons (Fsp3) is 0.500. The van der Waals surface area contributed by atoms with E-state index in [2.05, 4.69) is 15.5 Å². The summed E-state index contributed by atoms with van der Waals surface area (Å²) in [6.07, 6.45) is -1.35. The van der Waals surface area contributed by atoms with Crippen molar-refractivity contribution in [3.63, 3.8) is 0 Å². The third-order valence-electron chi connectivity index (χ3n) is 3.00. The SMILES string of the molecule is CCn1cc(C)c(NCc2cnn(C)c2C(F)(F)F)n1. The number of nitrogens with zero attached hydrogens (tertiary/aromatic N) is 4. The molecule has 0 saturated carbocycles. The van der Waals surface area contributed by atoms with Crippen molar-refractivity contribution in [3.8, 4) is 0 Å². The first-order valence-corrected chi connectivity index (χ1v) is 6.19. The molecular weight excluding hydrogens is 271 g/mol. The van der Waals surface area contributed by atoms with Crippen molar-refractivity contribution in [3.05, 3.63) is 29.2 Å². The third-order valence-corrected chi connectivity index (χ3v) is 3.00. The predicted octanol–water partition coefficient (Wildman–Crippen LogP) is 2.58. The van der Waals surface area contributed by atoms with Gasteiger partial charge in [0.05, 0.1) is 6.20 Å². The summed E-state index contributed by atoms with van der Waals surface area (Å²) in [6, 6.07) is 0. The van der Waals surface area contributed by atoms with E-state index in [-0.39, 0.29) is 12.1 Å². The molecule has 0 aliphatic heterocycles. The zero-order valence-electron chi connectivity index (χ0n) is 11.5. The number of nitrogens with one attached hydrogen (secondary N) is 1. The number of alkyl halides is 3. The maximum absolute atomic E-state index is 12.9. The van der Waals surface area contributed by atoms with Gasteiger partial charge in [0.2, 0.25) is 0 Å². The molecule has 0 aliphatic carbocycles. The molecule has 5 nitrogen and oxygen atoms in total. The average molecular weight is 287 g/mol. The van der Waals surface area contributed by atoms with Crippen LogP contribution in [-0.2, 0) is 26.3 Å². The monoisotopic (exact) mass is 287 g/mol. The molecule has 2 heterocycles. The summed E-state index contributed by atoms with van der Waals surface area (Å²) >= 11 is 0. The molecule has 0 aromatic carbocycles. The van der Waals surface area contributed by atoms with Gasteiger partial charge in [-0.3, -0.25) is 9.36 Å². The van der Waals surface area contributed by atoms with E-state index in [1.165, 1.54) is 13.2 Å². The molecule has 0 bridgehead atoms. The fourth-order valence-corrected chi connectivity index (χ4v) is 2.01. The molecule has 0 atom stereocenters. The molecule has 2 aromatic rings. The Morgan fingerprint density at radius 1 is 1.35 bits per heavy atom. The van der Waals surface area contributed by atoms with Gasteiger partial charge in [0.1, 0.15) is 5.69 Å². The predicted molar refractivity (Wildman–Crippen MR) is 68.2 cm³/mol. The van der Waals surface area contributed by atoms with E-state index < -0.39 is 11.9 Å². The van der Waals surface area contributed by atoms with Crippen LogP contribution in [0.5, 0.6) is 0 Å². The van der Waals surface area contributed by atoms with Gasteiger partial charge in [-0.15, -0.1) is 0 Å². The largest absolute Gasteiger partial charge is 0.433 e. The number of rotatable bonds is 4. The third kappa shape index (κ3) is 2.78. The van der Waals surface area contributed by atoms with E-state index in [0.29, 0.717) is 12.4 Å². The second-order valence-corrected chi connectivity index (χ2v) is 4.51. The molecule has 0 unspecified atom stereocenters. The summed E-state index contributed by atoms with van der Waals surface area (Å²) in [5, 5.41) is 10.8. The van der Waals surface area contributed by atoms with Crippen LogP contribution in [0.3, 0.4) is 0 Å². The van der Waals surface area contributed by atoms with Crippen LogP contribution >= 0.6 is 0 Å². The van der Waals surface area contributed by atoms with Gasteiger partial charge in [-0.1, -0.05) is 0 Å². The molecule has 0 radical (unpaired) electrons. The summed E-state index contributed by atoms with van der Waals surface area (Å²) in [5.74, 6) is 0.587. The molecule has 2 rings (SSSR count). The summed E-state index contributed by atoms with van der Waals surface area (Å²) in [7, 11) is 1.28.